The van der Waals surface area contributed by atoms with Crippen LogP contribution in [0.25, 0.3) is 0 Å². The molecule has 5 heteroatoms. The van der Waals surface area contributed by atoms with Gasteiger partial charge in [0, 0.05) is 23.0 Å². The number of benzene rings is 2. The quantitative estimate of drug-likeness (QED) is 0.765. The molecule has 0 aliphatic carbocycles. The number of amides is 1. The Kier molecular flexibility index (Phi) is 4.87. The van der Waals surface area contributed by atoms with Gasteiger partial charge in [-0.25, -0.2) is 4.39 Å². The zero-order valence-corrected chi connectivity index (χ0v) is 13.4. The van der Waals surface area contributed by atoms with Crippen molar-refractivity contribution in [2.45, 2.75) is 6.04 Å². The van der Waals surface area contributed by atoms with E-state index in [0.29, 0.717) is 10.6 Å². The summed E-state index contributed by atoms with van der Waals surface area (Å²) < 4.78 is 13.0. The highest BCUT2D eigenvalue weighted by molar-refractivity contribution is 6.30. The summed E-state index contributed by atoms with van der Waals surface area (Å²) in [5.74, 6) is -0.674. The van der Waals surface area contributed by atoms with Gasteiger partial charge in [0.15, 0.2) is 0 Å². The van der Waals surface area contributed by atoms with Gasteiger partial charge in [0.1, 0.15) is 5.82 Å². The summed E-state index contributed by atoms with van der Waals surface area (Å²) in [6.07, 6.45) is 3.37. The minimum absolute atomic E-state index is 0.293. The summed E-state index contributed by atoms with van der Waals surface area (Å²) in [4.78, 5) is 16.6. The molecule has 0 radical (unpaired) electrons. The molecule has 1 N–H and O–H groups in total. The second kappa shape index (κ2) is 7.23. The maximum atomic E-state index is 13.0. The Bertz CT molecular complexity index is 820. The van der Waals surface area contributed by atoms with Gasteiger partial charge in [-0.1, -0.05) is 29.8 Å². The highest BCUT2D eigenvalue weighted by Crippen LogP contribution is 2.23. The first-order valence-electron chi connectivity index (χ1n) is 7.35. The van der Waals surface area contributed by atoms with E-state index in [1.165, 1.54) is 24.3 Å². The molecule has 0 bridgehead atoms. The van der Waals surface area contributed by atoms with Gasteiger partial charge in [0.05, 0.1) is 6.04 Å². The van der Waals surface area contributed by atoms with Crippen LogP contribution in [0.15, 0.2) is 73.1 Å². The topological polar surface area (TPSA) is 42.0 Å². The second-order valence-corrected chi connectivity index (χ2v) is 5.69. The maximum absolute atomic E-state index is 13.0. The molecule has 120 valence electrons. The Morgan fingerprint density at radius 1 is 1.00 bits per heavy atom. The summed E-state index contributed by atoms with van der Waals surface area (Å²) >= 11 is 5.94. The second-order valence-electron chi connectivity index (χ2n) is 5.25. The highest BCUT2D eigenvalue weighted by atomic mass is 35.5. The fourth-order valence-corrected chi connectivity index (χ4v) is 2.50. The summed E-state index contributed by atoms with van der Waals surface area (Å²) in [7, 11) is 0. The fraction of sp³-hybridized carbons (Fsp3) is 0.0526. The van der Waals surface area contributed by atoms with Crippen LogP contribution >= 0.6 is 11.6 Å². The van der Waals surface area contributed by atoms with Crippen molar-refractivity contribution in [3.63, 3.8) is 0 Å². The predicted octanol–water partition coefficient (Wildman–Crippen LogP) is 4.39. The van der Waals surface area contributed by atoms with Gasteiger partial charge in [-0.2, -0.15) is 0 Å². The van der Waals surface area contributed by atoms with Crippen LogP contribution < -0.4 is 5.32 Å². The third-order valence-electron chi connectivity index (χ3n) is 3.60. The molecule has 0 saturated heterocycles. The Morgan fingerprint density at radius 3 is 2.33 bits per heavy atom. The lowest BCUT2D eigenvalue weighted by molar-refractivity contribution is 0.0943. The van der Waals surface area contributed by atoms with Crippen molar-refractivity contribution < 1.29 is 9.18 Å². The van der Waals surface area contributed by atoms with E-state index in [9.17, 15) is 9.18 Å². The molecule has 2 aromatic carbocycles. The maximum Gasteiger partial charge on any atom is 0.252 e. The molecule has 3 nitrogen and oxygen atoms in total. The molecule has 0 saturated carbocycles. The smallest absolute Gasteiger partial charge is 0.252 e. The zero-order chi connectivity index (χ0) is 16.9. The molecular formula is C19H14ClFN2O. The number of carbonyl (C=O) groups excluding carboxylic acids is 1. The Balaban J connectivity index is 1.91. The van der Waals surface area contributed by atoms with Crippen LogP contribution in [0, 0.1) is 5.82 Å². The lowest BCUT2D eigenvalue weighted by Crippen LogP contribution is -2.29. The molecule has 24 heavy (non-hydrogen) atoms. The molecule has 0 unspecified atom stereocenters. The lowest BCUT2D eigenvalue weighted by Gasteiger charge is -2.19. The monoisotopic (exact) mass is 340 g/mol. The SMILES string of the molecule is O=C(N[C@@H](c1ccc(Cl)cc1)c1cccnc1)c1ccc(F)cc1. The number of nitrogens with zero attached hydrogens (tertiary/aromatic N) is 1. The molecule has 0 aliphatic heterocycles. The van der Waals surface area contributed by atoms with E-state index in [4.69, 9.17) is 11.6 Å². The largest absolute Gasteiger partial charge is 0.341 e. The number of halogens is 2. The third kappa shape index (κ3) is 3.78. The highest BCUT2D eigenvalue weighted by Gasteiger charge is 2.18. The average Bonchev–Trinajstić information content (AvgIpc) is 2.62. The molecular weight excluding hydrogens is 327 g/mol. The lowest BCUT2D eigenvalue weighted by atomic mass is 9.99. The van der Waals surface area contributed by atoms with E-state index in [2.05, 4.69) is 10.3 Å². The van der Waals surface area contributed by atoms with Crippen molar-refractivity contribution >= 4 is 17.5 Å². The molecule has 1 aromatic heterocycles. The number of pyridine rings is 1. The molecule has 1 heterocycles. The minimum Gasteiger partial charge on any atom is -0.341 e. The average molecular weight is 341 g/mol. The molecule has 3 rings (SSSR count). The molecule has 1 atom stereocenters. The van der Waals surface area contributed by atoms with E-state index in [1.54, 1.807) is 24.5 Å². The predicted molar refractivity (Wildman–Crippen MR) is 91.4 cm³/mol. The van der Waals surface area contributed by atoms with Crippen LogP contribution in [0.4, 0.5) is 4.39 Å². The Hall–Kier alpha value is -2.72. The minimum atomic E-state index is -0.381. The number of carbonyl (C=O) groups is 1. The molecule has 3 aromatic rings. The number of rotatable bonds is 4. The van der Waals surface area contributed by atoms with Crippen molar-refractivity contribution in [1.82, 2.24) is 10.3 Å². The van der Waals surface area contributed by atoms with E-state index in [0.717, 1.165) is 11.1 Å². The van der Waals surface area contributed by atoms with Crippen LogP contribution in [0.3, 0.4) is 0 Å². The molecule has 1 amide bonds. The normalized spacial score (nSPS) is 11.8. The van der Waals surface area contributed by atoms with Gasteiger partial charge in [-0.3, -0.25) is 9.78 Å². The van der Waals surface area contributed by atoms with Crippen LogP contribution in [0.2, 0.25) is 5.02 Å². The van der Waals surface area contributed by atoms with Gasteiger partial charge >= 0.3 is 0 Å². The zero-order valence-electron chi connectivity index (χ0n) is 12.6. The van der Waals surface area contributed by atoms with Crippen LogP contribution in [0.1, 0.15) is 27.5 Å². The van der Waals surface area contributed by atoms with Gasteiger partial charge in [-0.15, -0.1) is 0 Å². The van der Waals surface area contributed by atoms with Gasteiger partial charge in [-0.05, 0) is 53.6 Å². The summed E-state index contributed by atoms with van der Waals surface area (Å²) in [5.41, 5.74) is 2.11. The Labute approximate surface area is 144 Å². The fourth-order valence-electron chi connectivity index (χ4n) is 2.38. The summed E-state index contributed by atoms with van der Waals surface area (Å²) in [6.45, 7) is 0. The summed E-state index contributed by atoms with van der Waals surface area (Å²) in [6, 6.07) is 16.0. The number of hydrogen-bond donors (Lipinski definition) is 1. The third-order valence-corrected chi connectivity index (χ3v) is 3.85. The van der Waals surface area contributed by atoms with Crippen molar-refractivity contribution in [2.24, 2.45) is 0 Å². The van der Waals surface area contributed by atoms with Gasteiger partial charge < -0.3 is 5.32 Å². The van der Waals surface area contributed by atoms with Crippen LogP contribution in [-0.4, -0.2) is 10.9 Å². The van der Waals surface area contributed by atoms with Crippen molar-refractivity contribution in [2.75, 3.05) is 0 Å². The van der Waals surface area contributed by atoms with E-state index < -0.39 is 0 Å². The molecule has 0 spiro atoms. The Morgan fingerprint density at radius 2 is 1.71 bits per heavy atom. The molecule has 0 fully saturated rings. The first kappa shape index (κ1) is 16.1. The van der Waals surface area contributed by atoms with Crippen molar-refractivity contribution in [3.05, 3.63) is 101 Å². The van der Waals surface area contributed by atoms with E-state index in [1.807, 2.05) is 24.3 Å². The van der Waals surface area contributed by atoms with Crippen LogP contribution in [0.5, 0.6) is 0 Å². The number of nitrogens with one attached hydrogen (secondary N) is 1. The van der Waals surface area contributed by atoms with Gasteiger partial charge in [0.25, 0.3) is 5.91 Å². The van der Waals surface area contributed by atoms with E-state index in [-0.39, 0.29) is 17.8 Å². The standard InChI is InChI=1S/C19H14ClFN2O/c20-16-7-3-13(4-8-16)18(15-2-1-11-22-12-15)23-19(24)14-5-9-17(21)10-6-14/h1-12,18H,(H,23,24)/t18-/m0/s1. The number of aromatic nitrogens is 1. The van der Waals surface area contributed by atoms with Crippen LogP contribution in [-0.2, 0) is 0 Å². The molecule has 0 aliphatic rings. The number of hydrogen-bond acceptors (Lipinski definition) is 2. The summed E-state index contributed by atoms with van der Waals surface area (Å²) in [5, 5.41) is 3.58. The van der Waals surface area contributed by atoms with Gasteiger partial charge in [0.2, 0.25) is 0 Å². The first-order chi connectivity index (χ1) is 11.6. The van der Waals surface area contributed by atoms with Crippen molar-refractivity contribution in [1.29, 1.82) is 0 Å². The first-order valence-corrected chi connectivity index (χ1v) is 7.73. The van der Waals surface area contributed by atoms with Crippen molar-refractivity contribution in [3.8, 4) is 0 Å². The van der Waals surface area contributed by atoms with E-state index >= 15 is 0 Å².